The molecule has 92 valence electrons. The maximum atomic E-state index is 4.39. The molecular formula is C13H25N3. The van der Waals surface area contributed by atoms with E-state index in [-0.39, 0.29) is 0 Å². The molecule has 0 radical (unpaired) electrons. The second-order valence-electron chi connectivity index (χ2n) is 4.47. The minimum atomic E-state index is 0.923. The standard InChI is InChI=1S/C13H25N3/c1-4-5-6-7-8-9-13-12(10-14-3)11(2)15-16-13/h14H,4-10H2,1-3H3,(H,15,16). The van der Waals surface area contributed by atoms with Gasteiger partial charge in [-0.15, -0.1) is 0 Å². The van der Waals surface area contributed by atoms with E-state index in [9.17, 15) is 0 Å². The Balaban J connectivity index is 2.35. The first kappa shape index (κ1) is 13.2. The molecule has 3 nitrogen and oxygen atoms in total. The summed E-state index contributed by atoms with van der Waals surface area (Å²) in [6, 6.07) is 0. The lowest BCUT2D eigenvalue weighted by Gasteiger charge is -2.03. The molecule has 0 aliphatic carbocycles. The van der Waals surface area contributed by atoms with Crippen LogP contribution in [0.3, 0.4) is 0 Å². The van der Waals surface area contributed by atoms with Crippen LogP contribution in [-0.2, 0) is 13.0 Å². The number of nitrogens with zero attached hydrogens (tertiary/aromatic N) is 1. The summed E-state index contributed by atoms with van der Waals surface area (Å²) in [6.45, 7) is 5.27. The van der Waals surface area contributed by atoms with Crippen LogP contribution in [0, 0.1) is 6.92 Å². The van der Waals surface area contributed by atoms with Gasteiger partial charge in [0.25, 0.3) is 0 Å². The van der Waals surface area contributed by atoms with Crippen molar-refractivity contribution in [3.05, 3.63) is 17.0 Å². The molecule has 1 rings (SSSR count). The van der Waals surface area contributed by atoms with Gasteiger partial charge in [0, 0.05) is 17.8 Å². The minimum Gasteiger partial charge on any atom is -0.316 e. The second kappa shape index (κ2) is 7.44. The Morgan fingerprint density at radius 2 is 1.94 bits per heavy atom. The normalized spacial score (nSPS) is 10.9. The van der Waals surface area contributed by atoms with E-state index in [0.29, 0.717) is 0 Å². The minimum absolute atomic E-state index is 0.923. The summed E-state index contributed by atoms with van der Waals surface area (Å²) in [5.41, 5.74) is 3.82. The van der Waals surface area contributed by atoms with Crippen molar-refractivity contribution in [2.75, 3.05) is 7.05 Å². The SMILES string of the molecule is CCCCCCCc1n[nH]c(C)c1CNC. The van der Waals surface area contributed by atoms with Crippen LogP contribution in [0.4, 0.5) is 0 Å². The van der Waals surface area contributed by atoms with Crippen molar-refractivity contribution in [2.24, 2.45) is 0 Å². The fourth-order valence-corrected chi connectivity index (χ4v) is 2.02. The maximum Gasteiger partial charge on any atom is 0.0669 e. The molecule has 1 aromatic rings. The third kappa shape index (κ3) is 3.97. The second-order valence-corrected chi connectivity index (χ2v) is 4.47. The smallest absolute Gasteiger partial charge is 0.0669 e. The van der Waals surface area contributed by atoms with Gasteiger partial charge in [0.1, 0.15) is 0 Å². The van der Waals surface area contributed by atoms with Crippen molar-refractivity contribution in [2.45, 2.75) is 58.9 Å². The van der Waals surface area contributed by atoms with Gasteiger partial charge in [-0.1, -0.05) is 32.6 Å². The van der Waals surface area contributed by atoms with Gasteiger partial charge in [0.05, 0.1) is 5.69 Å². The molecule has 0 saturated heterocycles. The summed E-state index contributed by atoms with van der Waals surface area (Å²) in [5, 5.41) is 10.7. The highest BCUT2D eigenvalue weighted by atomic mass is 15.1. The lowest BCUT2D eigenvalue weighted by Crippen LogP contribution is -2.07. The van der Waals surface area contributed by atoms with Crippen LogP contribution < -0.4 is 5.32 Å². The van der Waals surface area contributed by atoms with E-state index >= 15 is 0 Å². The Kier molecular flexibility index (Phi) is 6.16. The van der Waals surface area contributed by atoms with Crippen LogP contribution in [0.1, 0.15) is 56.0 Å². The summed E-state index contributed by atoms with van der Waals surface area (Å²) in [6.07, 6.45) is 7.75. The first-order valence-corrected chi connectivity index (χ1v) is 6.46. The van der Waals surface area contributed by atoms with Crippen molar-refractivity contribution in [1.82, 2.24) is 15.5 Å². The summed E-state index contributed by atoms with van der Waals surface area (Å²) >= 11 is 0. The molecular weight excluding hydrogens is 198 g/mol. The fourth-order valence-electron chi connectivity index (χ4n) is 2.02. The Morgan fingerprint density at radius 3 is 2.62 bits per heavy atom. The molecule has 0 unspecified atom stereocenters. The zero-order valence-corrected chi connectivity index (χ0v) is 10.9. The average Bonchev–Trinajstić information content (AvgIpc) is 2.62. The van der Waals surface area contributed by atoms with E-state index in [2.05, 4.69) is 29.4 Å². The molecule has 2 N–H and O–H groups in total. The Hall–Kier alpha value is -0.830. The topological polar surface area (TPSA) is 40.7 Å². The number of nitrogens with one attached hydrogen (secondary N) is 2. The molecule has 1 aromatic heterocycles. The molecule has 0 aliphatic heterocycles. The summed E-state index contributed by atoms with van der Waals surface area (Å²) in [4.78, 5) is 0. The van der Waals surface area contributed by atoms with Gasteiger partial charge >= 0.3 is 0 Å². The average molecular weight is 223 g/mol. The van der Waals surface area contributed by atoms with Gasteiger partial charge in [0.2, 0.25) is 0 Å². The van der Waals surface area contributed by atoms with Gasteiger partial charge in [-0.05, 0) is 26.8 Å². The predicted molar refractivity (Wildman–Crippen MR) is 68.6 cm³/mol. The molecule has 0 bridgehead atoms. The van der Waals surface area contributed by atoms with Crippen molar-refractivity contribution in [3.8, 4) is 0 Å². The highest BCUT2D eigenvalue weighted by Gasteiger charge is 2.08. The maximum absolute atomic E-state index is 4.39. The van der Waals surface area contributed by atoms with E-state index < -0.39 is 0 Å². The van der Waals surface area contributed by atoms with E-state index in [1.807, 2.05) is 7.05 Å². The number of aromatic nitrogens is 2. The highest BCUT2D eigenvalue weighted by Crippen LogP contribution is 2.14. The van der Waals surface area contributed by atoms with Crippen molar-refractivity contribution in [3.63, 3.8) is 0 Å². The lowest BCUT2D eigenvalue weighted by atomic mass is 10.1. The summed E-state index contributed by atoms with van der Waals surface area (Å²) < 4.78 is 0. The van der Waals surface area contributed by atoms with Crippen LogP contribution in [0.2, 0.25) is 0 Å². The van der Waals surface area contributed by atoms with E-state index in [1.165, 1.54) is 49.1 Å². The monoisotopic (exact) mass is 223 g/mol. The van der Waals surface area contributed by atoms with E-state index in [1.54, 1.807) is 0 Å². The zero-order valence-electron chi connectivity index (χ0n) is 10.9. The molecule has 1 heterocycles. The lowest BCUT2D eigenvalue weighted by molar-refractivity contribution is 0.625. The Morgan fingerprint density at radius 1 is 1.19 bits per heavy atom. The number of unbranched alkanes of at least 4 members (excludes halogenated alkanes) is 4. The molecule has 0 fully saturated rings. The summed E-state index contributed by atoms with van der Waals surface area (Å²) in [7, 11) is 1.98. The largest absolute Gasteiger partial charge is 0.316 e. The molecule has 3 heteroatoms. The quantitative estimate of drug-likeness (QED) is 0.665. The molecule has 16 heavy (non-hydrogen) atoms. The first-order chi connectivity index (χ1) is 7.79. The number of aryl methyl sites for hydroxylation is 2. The van der Waals surface area contributed by atoms with Crippen LogP contribution in [0.5, 0.6) is 0 Å². The van der Waals surface area contributed by atoms with Crippen molar-refractivity contribution >= 4 is 0 Å². The number of hydrogen-bond donors (Lipinski definition) is 2. The van der Waals surface area contributed by atoms with Gasteiger partial charge in [0.15, 0.2) is 0 Å². The highest BCUT2D eigenvalue weighted by molar-refractivity contribution is 5.24. The molecule has 0 atom stereocenters. The van der Waals surface area contributed by atoms with Crippen LogP contribution in [0.15, 0.2) is 0 Å². The van der Waals surface area contributed by atoms with Crippen molar-refractivity contribution < 1.29 is 0 Å². The van der Waals surface area contributed by atoms with E-state index in [0.717, 1.165) is 13.0 Å². The van der Waals surface area contributed by atoms with Crippen LogP contribution >= 0.6 is 0 Å². The Labute approximate surface area is 99.0 Å². The van der Waals surface area contributed by atoms with Gasteiger partial charge in [-0.25, -0.2) is 0 Å². The fraction of sp³-hybridized carbons (Fsp3) is 0.769. The van der Waals surface area contributed by atoms with Gasteiger partial charge < -0.3 is 5.32 Å². The van der Waals surface area contributed by atoms with Crippen molar-refractivity contribution in [1.29, 1.82) is 0 Å². The molecule has 0 amide bonds. The number of rotatable bonds is 8. The Bertz CT molecular complexity index is 291. The number of aromatic amines is 1. The third-order valence-corrected chi connectivity index (χ3v) is 3.03. The number of hydrogen-bond acceptors (Lipinski definition) is 2. The number of H-pyrrole nitrogens is 1. The summed E-state index contributed by atoms with van der Waals surface area (Å²) in [5.74, 6) is 0. The molecule has 0 aromatic carbocycles. The van der Waals surface area contributed by atoms with E-state index in [4.69, 9.17) is 0 Å². The zero-order chi connectivity index (χ0) is 11.8. The van der Waals surface area contributed by atoms with Crippen LogP contribution in [-0.4, -0.2) is 17.2 Å². The molecule has 0 aliphatic rings. The van der Waals surface area contributed by atoms with Gasteiger partial charge in [-0.2, -0.15) is 5.10 Å². The van der Waals surface area contributed by atoms with Crippen LogP contribution in [0.25, 0.3) is 0 Å². The molecule has 0 spiro atoms. The predicted octanol–water partition coefficient (Wildman–Crippen LogP) is 2.95. The van der Waals surface area contributed by atoms with Gasteiger partial charge in [-0.3, -0.25) is 5.10 Å². The third-order valence-electron chi connectivity index (χ3n) is 3.03. The molecule has 0 saturated carbocycles. The first-order valence-electron chi connectivity index (χ1n) is 6.46.